The molecule has 8 nitrogen and oxygen atoms in total. The zero-order valence-electron chi connectivity index (χ0n) is 15.1. The predicted molar refractivity (Wildman–Crippen MR) is 101 cm³/mol. The first-order chi connectivity index (χ1) is 13.7. The number of anilines is 1. The number of methoxy groups -OCH3 is 1. The molecule has 0 aliphatic carbocycles. The number of hydrogen-bond acceptors (Lipinski definition) is 6. The Balaban J connectivity index is 1.58. The van der Waals surface area contributed by atoms with Crippen LogP contribution < -0.4 is 10.1 Å². The molecule has 1 aliphatic rings. The van der Waals surface area contributed by atoms with Crippen LogP contribution in [0.5, 0.6) is 5.75 Å². The molecule has 1 unspecified atom stereocenters. The van der Waals surface area contributed by atoms with E-state index in [9.17, 15) is 4.79 Å². The maximum Gasteiger partial charge on any atom is 0.226 e. The molecule has 28 heavy (non-hydrogen) atoms. The standard InChI is InChI=1S/C20H17N5O3/c1-27-17-8-3-2-5-12(17)11-25-20-15(10-21-25)14(9-18(26)22-20)13-6-4-7-16-19(13)24-28-23-16/h2-8,10,14H,9,11H2,1H3,(H,22,26). The molecule has 2 aromatic heterocycles. The summed E-state index contributed by atoms with van der Waals surface area (Å²) in [5.41, 5.74) is 4.18. The molecule has 1 atom stereocenters. The summed E-state index contributed by atoms with van der Waals surface area (Å²) in [6.07, 6.45) is 2.13. The lowest BCUT2D eigenvalue weighted by atomic mass is 9.86. The summed E-state index contributed by atoms with van der Waals surface area (Å²) in [6.45, 7) is 0.488. The Morgan fingerprint density at radius 2 is 2.07 bits per heavy atom. The van der Waals surface area contributed by atoms with E-state index in [0.29, 0.717) is 29.8 Å². The van der Waals surface area contributed by atoms with Crippen molar-refractivity contribution in [3.05, 3.63) is 65.4 Å². The van der Waals surface area contributed by atoms with Gasteiger partial charge in [0.2, 0.25) is 5.91 Å². The normalized spacial score (nSPS) is 16.0. The van der Waals surface area contributed by atoms with Crippen LogP contribution in [0.25, 0.3) is 11.0 Å². The van der Waals surface area contributed by atoms with Gasteiger partial charge < -0.3 is 10.1 Å². The van der Waals surface area contributed by atoms with Gasteiger partial charge in [0, 0.05) is 23.5 Å². The summed E-state index contributed by atoms with van der Waals surface area (Å²) in [4.78, 5) is 12.5. The number of fused-ring (bicyclic) bond motifs is 2. The van der Waals surface area contributed by atoms with Crippen molar-refractivity contribution in [2.75, 3.05) is 12.4 Å². The Kier molecular flexibility index (Phi) is 3.82. The first-order valence-electron chi connectivity index (χ1n) is 8.93. The Morgan fingerprint density at radius 3 is 2.96 bits per heavy atom. The van der Waals surface area contributed by atoms with Gasteiger partial charge in [0.05, 0.1) is 19.9 Å². The second kappa shape index (κ2) is 6.49. The van der Waals surface area contributed by atoms with E-state index in [0.717, 1.165) is 22.4 Å². The zero-order valence-corrected chi connectivity index (χ0v) is 15.1. The second-order valence-electron chi connectivity index (χ2n) is 6.70. The molecule has 3 heterocycles. The van der Waals surface area contributed by atoms with Crippen molar-refractivity contribution in [2.24, 2.45) is 0 Å². The Labute approximate surface area is 160 Å². The first kappa shape index (κ1) is 16.5. The highest BCUT2D eigenvalue weighted by Crippen LogP contribution is 2.39. The smallest absolute Gasteiger partial charge is 0.226 e. The third-order valence-electron chi connectivity index (χ3n) is 5.10. The molecular weight excluding hydrogens is 358 g/mol. The lowest BCUT2D eigenvalue weighted by Gasteiger charge is -2.24. The molecule has 0 saturated heterocycles. The molecule has 140 valence electrons. The number of amides is 1. The predicted octanol–water partition coefficient (Wildman–Crippen LogP) is 2.95. The molecule has 0 radical (unpaired) electrons. The lowest BCUT2D eigenvalue weighted by Crippen LogP contribution is -2.25. The summed E-state index contributed by atoms with van der Waals surface area (Å²) in [5.74, 6) is 1.25. The topological polar surface area (TPSA) is 95.1 Å². The fourth-order valence-corrected chi connectivity index (χ4v) is 3.77. The van der Waals surface area contributed by atoms with Crippen molar-refractivity contribution in [1.29, 1.82) is 0 Å². The molecule has 0 fully saturated rings. The first-order valence-corrected chi connectivity index (χ1v) is 8.93. The number of nitrogens with one attached hydrogen (secondary N) is 1. The van der Waals surface area contributed by atoms with Crippen LogP contribution in [0.1, 0.15) is 29.0 Å². The molecule has 0 saturated carbocycles. The summed E-state index contributed by atoms with van der Waals surface area (Å²) in [6, 6.07) is 13.5. The Hall–Kier alpha value is -3.68. The van der Waals surface area contributed by atoms with Gasteiger partial charge in [0.25, 0.3) is 0 Å². The fraction of sp³-hybridized carbons (Fsp3) is 0.200. The molecule has 0 spiro atoms. The molecule has 1 amide bonds. The van der Waals surface area contributed by atoms with Crippen molar-refractivity contribution in [2.45, 2.75) is 18.9 Å². The van der Waals surface area contributed by atoms with Crippen molar-refractivity contribution >= 4 is 22.8 Å². The molecule has 4 aromatic rings. The summed E-state index contributed by atoms with van der Waals surface area (Å²) < 4.78 is 12.1. The van der Waals surface area contributed by atoms with Crippen molar-refractivity contribution in [1.82, 2.24) is 20.1 Å². The Bertz CT molecular complexity index is 1180. The largest absolute Gasteiger partial charge is 0.496 e. The molecule has 1 aliphatic heterocycles. The van der Waals surface area contributed by atoms with Crippen LogP contribution in [0.2, 0.25) is 0 Å². The van der Waals surface area contributed by atoms with E-state index in [1.165, 1.54) is 0 Å². The molecule has 8 heteroatoms. The number of benzene rings is 2. The fourth-order valence-electron chi connectivity index (χ4n) is 3.77. The van der Waals surface area contributed by atoms with Gasteiger partial charge in [-0.25, -0.2) is 9.31 Å². The van der Waals surface area contributed by atoms with Crippen LogP contribution in [-0.2, 0) is 11.3 Å². The zero-order chi connectivity index (χ0) is 19.1. The van der Waals surface area contributed by atoms with Gasteiger partial charge in [-0.2, -0.15) is 5.10 Å². The van der Waals surface area contributed by atoms with E-state index in [-0.39, 0.29) is 11.8 Å². The third-order valence-corrected chi connectivity index (χ3v) is 5.10. The van der Waals surface area contributed by atoms with E-state index in [1.807, 2.05) is 42.5 Å². The number of rotatable bonds is 4. The summed E-state index contributed by atoms with van der Waals surface area (Å²) in [7, 11) is 1.64. The third kappa shape index (κ3) is 2.61. The van der Waals surface area contributed by atoms with Crippen molar-refractivity contribution < 1.29 is 14.2 Å². The lowest BCUT2D eigenvalue weighted by molar-refractivity contribution is -0.116. The molecule has 5 rings (SSSR count). The SMILES string of the molecule is COc1ccccc1Cn1ncc2c1NC(=O)CC2c1cccc2nonc12. The average molecular weight is 375 g/mol. The molecule has 0 bridgehead atoms. The number of hydrogen-bond donors (Lipinski definition) is 1. The highest BCUT2D eigenvalue weighted by Gasteiger charge is 2.32. The van der Waals surface area contributed by atoms with Gasteiger partial charge in [-0.05, 0) is 28.0 Å². The number of carbonyl (C=O) groups excluding carboxylic acids is 1. The number of carbonyl (C=O) groups is 1. The van der Waals surface area contributed by atoms with E-state index in [1.54, 1.807) is 18.0 Å². The minimum atomic E-state index is -0.161. The number of ether oxygens (including phenoxy) is 1. The van der Waals surface area contributed by atoms with Gasteiger partial charge in [0.15, 0.2) is 0 Å². The number of para-hydroxylation sites is 1. The van der Waals surface area contributed by atoms with Gasteiger partial charge in [0.1, 0.15) is 22.6 Å². The summed E-state index contributed by atoms with van der Waals surface area (Å²) >= 11 is 0. The van der Waals surface area contributed by atoms with Gasteiger partial charge in [-0.1, -0.05) is 30.3 Å². The van der Waals surface area contributed by atoms with Crippen molar-refractivity contribution in [3.63, 3.8) is 0 Å². The summed E-state index contributed by atoms with van der Waals surface area (Å²) in [5, 5.41) is 15.4. The molecular formula is C20H17N5O3. The van der Waals surface area contributed by atoms with Crippen LogP contribution >= 0.6 is 0 Å². The highest BCUT2D eigenvalue weighted by atomic mass is 16.6. The monoisotopic (exact) mass is 375 g/mol. The van der Waals surface area contributed by atoms with E-state index >= 15 is 0 Å². The van der Waals surface area contributed by atoms with Gasteiger partial charge in [-0.3, -0.25) is 4.79 Å². The minimum Gasteiger partial charge on any atom is -0.496 e. The quantitative estimate of drug-likeness (QED) is 0.589. The van der Waals surface area contributed by atoms with Crippen LogP contribution in [0.4, 0.5) is 5.82 Å². The molecule has 2 aromatic carbocycles. The molecule has 1 N–H and O–H groups in total. The second-order valence-corrected chi connectivity index (χ2v) is 6.70. The van der Waals surface area contributed by atoms with E-state index < -0.39 is 0 Å². The Morgan fingerprint density at radius 1 is 1.18 bits per heavy atom. The van der Waals surface area contributed by atoms with Crippen LogP contribution in [0.15, 0.2) is 53.3 Å². The van der Waals surface area contributed by atoms with E-state index in [4.69, 9.17) is 9.37 Å². The van der Waals surface area contributed by atoms with Gasteiger partial charge in [-0.15, -0.1) is 0 Å². The van der Waals surface area contributed by atoms with Crippen LogP contribution in [0.3, 0.4) is 0 Å². The highest BCUT2D eigenvalue weighted by molar-refractivity contribution is 5.95. The van der Waals surface area contributed by atoms with Crippen molar-refractivity contribution in [3.8, 4) is 5.75 Å². The maximum atomic E-state index is 12.5. The number of aromatic nitrogens is 4. The van der Waals surface area contributed by atoms with Gasteiger partial charge >= 0.3 is 0 Å². The van der Waals surface area contributed by atoms with E-state index in [2.05, 4.69) is 20.7 Å². The van der Waals surface area contributed by atoms with Crippen LogP contribution in [0, 0.1) is 0 Å². The maximum absolute atomic E-state index is 12.5. The minimum absolute atomic E-state index is 0.0623. The van der Waals surface area contributed by atoms with Crippen LogP contribution in [-0.4, -0.2) is 33.1 Å². The number of nitrogens with zero attached hydrogens (tertiary/aromatic N) is 4. The average Bonchev–Trinajstić information content (AvgIpc) is 3.35.